The maximum atomic E-state index is 13.2. The molecule has 0 aliphatic rings. The third-order valence-corrected chi connectivity index (χ3v) is 6.08. The minimum Gasteiger partial charge on any atom is -0.311 e. The number of carbonyl (C=O) groups excluding carboxylic acids is 1. The normalized spacial score (nSPS) is 11.0. The molecule has 0 atom stereocenters. The number of nitrogens with one attached hydrogen (secondary N) is 1. The van der Waals surface area contributed by atoms with Crippen LogP contribution in [0.3, 0.4) is 0 Å². The van der Waals surface area contributed by atoms with Crippen LogP contribution in [0, 0.1) is 0 Å². The zero-order valence-corrected chi connectivity index (χ0v) is 19.3. The summed E-state index contributed by atoms with van der Waals surface area (Å²) in [5.74, 6) is -0.108. The van der Waals surface area contributed by atoms with Crippen LogP contribution in [0.4, 0.5) is 5.69 Å². The Hall–Kier alpha value is -5.18. The van der Waals surface area contributed by atoms with Crippen LogP contribution >= 0.6 is 0 Å². The van der Waals surface area contributed by atoms with E-state index in [2.05, 4.69) is 36.5 Å². The van der Waals surface area contributed by atoms with Crippen LogP contribution in [-0.2, 0) is 0 Å². The average molecular weight is 473 g/mol. The number of hydrogen-bond acceptors (Lipinski definition) is 6. The summed E-state index contributed by atoms with van der Waals surface area (Å²) in [5, 5.41) is 15.8. The van der Waals surface area contributed by atoms with E-state index in [4.69, 9.17) is 0 Å². The van der Waals surface area contributed by atoms with Gasteiger partial charge in [-0.2, -0.15) is 5.10 Å². The highest BCUT2D eigenvalue weighted by Crippen LogP contribution is 2.29. The number of rotatable bonds is 5. The molecule has 9 heteroatoms. The Labute approximate surface area is 206 Å². The number of carbonyl (C=O) groups is 1. The van der Waals surface area contributed by atoms with Crippen LogP contribution in [0.2, 0.25) is 0 Å². The van der Waals surface area contributed by atoms with E-state index in [1.165, 1.54) is 0 Å². The highest BCUT2D eigenvalue weighted by atomic mass is 16.2. The van der Waals surface area contributed by atoms with E-state index < -0.39 is 0 Å². The van der Waals surface area contributed by atoms with E-state index in [1.54, 1.807) is 41.4 Å². The molecule has 0 aliphatic carbocycles. The molecular formula is C27H20N8O. The Balaban J connectivity index is 1.25. The van der Waals surface area contributed by atoms with Gasteiger partial charge in [-0.05, 0) is 53.6 Å². The standard InChI is InChI=1S/C27H20N8O/c1-34(22-3-2-4-23(14-22)35-12-11-30-33-35)27(36)19-7-5-18(6-8-19)20-13-21(16-28-15-20)24-9-10-29-26-25(24)17-31-32-26/h2-17H,1H3,(H,29,31,32). The fourth-order valence-corrected chi connectivity index (χ4v) is 4.15. The van der Waals surface area contributed by atoms with Crippen LogP contribution in [0.5, 0.6) is 0 Å². The molecule has 174 valence electrons. The monoisotopic (exact) mass is 472 g/mol. The number of pyridine rings is 2. The summed E-state index contributed by atoms with van der Waals surface area (Å²) in [6.45, 7) is 0. The van der Waals surface area contributed by atoms with Gasteiger partial charge in [0.25, 0.3) is 5.91 Å². The number of hydrogen-bond donors (Lipinski definition) is 1. The molecule has 0 spiro atoms. The average Bonchev–Trinajstić information content (AvgIpc) is 3.65. The fourth-order valence-electron chi connectivity index (χ4n) is 4.15. The van der Waals surface area contributed by atoms with Crippen molar-refractivity contribution < 1.29 is 4.79 Å². The zero-order chi connectivity index (χ0) is 24.5. The lowest BCUT2D eigenvalue weighted by Gasteiger charge is -2.18. The molecule has 0 unspecified atom stereocenters. The van der Waals surface area contributed by atoms with E-state index in [0.717, 1.165) is 44.7 Å². The first-order valence-corrected chi connectivity index (χ1v) is 11.3. The lowest BCUT2D eigenvalue weighted by atomic mass is 10.00. The number of benzene rings is 2. The molecule has 1 N–H and O–H groups in total. The summed E-state index contributed by atoms with van der Waals surface area (Å²) in [6.07, 6.45) is 10.5. The molecule has 2 aromatic carbocycles. The van der Waals surface area contributed by atoms with E-state index in [-0.39, 0.29) is 5.91 Å². The summed E-state index contributed by atoms with van der Waals surface area (Å²) in [5.41, 5.74) is 6.80. The highest BCUT2D eigenvalue weighted by Gasteiger charge is 2.15. The van der Waals surface area contributed by atoms with Crippen molar-refractivity contribution in [2.75, 3.05) is 11.9 Å². The van der Waals surface area contributed by atoms with Crippen molar-refractivity contribution >= 4 is 22.6 Å². The number of nitrogens with zero attached hydrogens (tertiary/aromatic N) is 7. The van der Waals surface area contributed by atoms with Crippen LogP contribution in [0.25, 0.3) is 39.0 Å². The maximum absolute atomic E-state index is 13.2. The zero-order valence-electron chi connectivity index (χ0n) is 19.3. The van der Waals surface area contributed by atoms with E-state index in [9.17, 15) is 4.79 Å². The second-order valence-electron chi connectivity index (χ2n) is 8.26. The summed E-state index contributed by atoms with van der Waals surface area (Å²) >= 11 is 0. The second-order valence-corrected chi connectivity index (χ2v) is 8.26. The predicted octanol–water partition coefficient (Wildman–Crippen LogP) is 4.54. The molecule has 0 aliphatic heterocycles. The number of H-pyrrole nitrogens is 1. The molecule has 0 bridgehead atoms. The van der Waals surface area contributed by atoms with Gasteiger partial charge in [0.15, 0.2) is 5.65 Å². The first-order valence-electron chi connectivity index (χ1n) is 11.3. The van der Waals surface area contributed by atoms with Gasteiger partial charge < -0.3 is 4.90 Å². The van der Waals surface area contributed by atoms with Gasteiger partial charge in [0, 0.05) is 53.4 Å². The van der Waals surface area contributed by atoms with Crippen molar-refractivity contribution in [2.45, 2.75) is 0 Å². The van der Waals surface area contributed by atoms with E-state index in [1.807, 2.05) is 67.0 Å². The van der Waals surface area contributed by atoms with Crippen molar-refractivity contribution in [1.29, 1.82) is 0 Å². The lowest BCUT2D eigenvalue weighted by Crippen LogP contribution is -2.26. The number of aromatic nitrogens is 7. The Morgan fingerprint density at radius 1 is 0.917 bits per heavy atom. The van der Waals surface area contributed by atoms with Gasteiger partial charge in [0.1, 0.15) is 0 Å². The molecular weight excluding hydrogens is 452 g/mol. The Morgan fingerprint density at radius 2 is 1.78 bits per heavy atom. The second kappa shape index (κ2) is 8.88. The molecule has 0 saturated heterocycles. The predicted molar refractivity (Wildman–Crippen MR) is 137 cm³/mol. The summed E-state index contributed by atoms with van der Waals surface area (Å²) < 4.78 is 1.66. The summed E-state index contributed by atoms with van der Waals surface area (Å²) in [4.78, 5) is 23.6. The molecule has 4 aromatic heterocycles. The summed E-state index contributed by atoms with van der Waals surface area (Å²) in [7, 11) is 1.76. The van der Waals surface area contributed by atoms with Crippen molar-refractivity contribution in [1.82, 2.24) is 35.2 Å². The fraction of sp³-hybridized carbons (Fsp3) is 0.0370. The van der Waals surface area contributed by atoms with Crippen molar-refractivity contribution in [2.24, 2.45) is 0 Å². The van der Waals surface area contributed by atoms with Crippen LogP contribution < -0.4 is 4.90 Å². The van der Waals surface area contributed by atoms with Gasteiger partial charge in [-0.25, -0.2) is 9.67 Å². The molecule has 0 fully saturated rings. The molecule has 1 amide bonds. The van der Waals surface area contributed by atoms with Gasteiger partial charge in [-0.15, -0.1) is 5.10 Å². The smallest absolute Gasteiger partial charge is 0.258 e. The molecule has 36 heavy (non-hydrogen) atoms. The third kappa shape index (κ3) is 3.88. The summed E-state index contributed by atoms with van der Waals surface area (Å²) in [6, 6.07) is 19.2. The van der Waals surface area contributed by atoms with Crippen molar-refractivity contribution in [3.05, 3.63) is 103 Å². The number of fused-ring (bicyclic) bond motifs is 1. The Morgan fingerprint density at radius 3 is 2.61 bits per heavy atom. The number of anilines is 1. The Bertz CT molecular complexity index is 1670. The van der Waals surface area contributed by atoms with Crippen LogP contribution in [-0.4, -0.2) is 48.1 Å². The molecule has 4 heterocycles. The maximum Gasteiger partial charge on any atom is 0.258 e. The SMILES string of the molecule is CN(C(=O)c1ccc(-c2cncc(-c3ccnc4[nH]ncc34)c2)cc1)c1cccc(-n2ccnn2)c1. The number of aromatic amines is 1. The van der Waals surface area contributed by atoms with Gasteiger partial charge in [0.2, 0.25) is 0 Å². The van der Waals surface area contributed by atoms with Crippen LogP contribution in [0.15, 0.2) is 97.8 Å². The molecule has 0 radical (unpaired) electrons. The van der Waals surface area contributed by atoms with Gasteiger partial charge in [-0.3, -0.25) is 14.9 Å². The highest BCUT2D eigenvalue weighted by molar-refractivity contribution is 6.06. The molecule has 9 nitrogen and oxygen atoms in total. The minimum atomic E-state index is -0.108. The number of amides is 1. The molecule has 6 rings (SSSR count). The topological polar surface area (TPSA) is 105 Å². The first-order chi connectivity index (χ1) is 17.7. The Kier molecular flexibility index (Phi) is 5.27. The van der Waals surface area contributed by atoms with Gasteiger partial charge in [0.05, 0.1) is 24.3 Å². The van der Waals surface area contributed by atoms with Crippen LogP contribution in [0.1, 0.15) is 10.4 Å². The third-order valence-electron chi connectivity index (χ3n) is 6.08. The van der Waals surface area contributed by atoms with Gasteiger partial charge >= 0.3 is 0 Å². The van der Waals surface area contributed by atoms with E-state index >= 15 is 0 Å². The quantitative estimate of drug-likeness (QED) is 0.395. The minimum absolute atomic E-state index is 0.108. The van der Waals surface area contributed by atoms with E-state index in [0.29, 0.717) is 5.56 Å². The van der Waals surface area contributed by atoms with Crippen molar-refractivity contribution in [3.8, 4) is 27.9 Å². The largest absolute Gasteiger partial charge is 0.311 e. The molecule has 0 saturated carbocycles. The first kappa shape index (κ1) is 21.4. The lowest BCUT2D eigenvalue weighted by molar-refractivity contribution is 0.0993. The van der Waals surface area contributed by atoms with Gasteiger partial charge in [-0.1, -0.05) is 23.4 Å². The molecule has 6 aromatic rings. The van der Waals surface area contributed by atoms with Crippen molar-refractivity contribution in [3.63, 3.8) is 0 Å².